The van der Waals surface area contributed by atoms with E-state index in [0.29, 0.717) is 12.8 Å². The SMILES string of the molecule is CC(=O)OCC(=O)[C@@]1(O)[C@H](O)C=C2[C@H]3CCC4=CC(=O)C=C[C@]4(C)[C@H]3[C@@H](O)C[C@@]21C. The van der Waals surface area contributed by atoms with Gasteiger partial charge in [0.15, 0.2) is 18.0 Å². The zero-order chi connectivity index (χ0) is 22.1. The van der Waals surface area contributed by atoms with Crippen molar-refractivity contribution >= 4 is 17.5 Å². The van der Waals surface area contributed by atoms with Crippen molar-refractivity contribution in [1.82, 2.24) is 0 Å². The summed E-state index contributed by atoms with van der Waals surface area (Å²) in [7, 11) is 0. The van der Waals surface area contributed by atoms with Gasteiger partial charge >= 0.3 is 5.97 Å². The van der Waals surface area contributed by atoms with Crippen molar-refractivity contribution in [2.75, 3.05) is 6.61 Å². The second kappa shape index (κ2) is 6.70. The van der Waals surface area contributed by atoms with E-state index >= 15 is 0 Å². The van der Waals surface area contributed by atoms with Crippen LogP contribution in [0.25, 0.3) is 0 Å². The van der Waals surface area contributed by atoms with Crippen LogP contribution in [0, 0.1) is 22.7 Å². The number of fused-ring (bicyclic) bond motifs is 5. The summed E-state index contributed by atoms with van der Waals surface area (Å²) in [6.45, 7) is 4.22. The van der Waals surface area contributed by atoms with Crippen LogP contribution in [0.5, 0.6) is 0 Å². The van der Waals surface area contributed by atoms with Gasteiger partial charge in [0.1, 0.15) is 6.10 Å². The van der Waals surface area contributed by atoms with Crippen LogP contribution in [0.4, 0.5) is 0 Å². The monoisotopic (exact) mass is 416 g/mol. The van der Waals surface area contributed by atoms with Gasteiger partial charge in [0.25, 0.3) is 0 Å². The normalized spacial score (nSPS) is 44.4. The Bertz CT molecular complexity index is 915. The fourth-order valence-corrected chi connectivity index (χ4v) is 6.45. The van der Waals surface area contributed by atoms with Crippen LogP contribution in [-0.2, 0) is 19.1 Å². The van der Waals surface area contributed by atoms with Crippen LogP contribution >= 0.6 is 0 Å². The Morgan fingerprint density at radius 3 is 2.63 bits per heavy atom. The van der Waals surface area contributed by atoms with Crippen molar-refractivity contribution in [3.05, 3.63) is 35.5 Å². The molecule has 4 rings (SSSR count). The van der Waals surface area contributed by atoms with Crippen molar-refractivity contribution in [1.29, 1.82) is 0 Å². The molecule has 0 amide bonds. The number of carbonyl (C=O) groups excluding carboxylic acids is 3. The van der Waals surface area contributed by atoms with E-state index < -0.39 is 47.0 Å². The van der Waals surface area contributed by atoms with E-state index in [1.807, 2.05) is 13.0 Å². The Morgan fingerprint density at radius 2 is 1.97 bits per heavy atom. The van der Waals surface area contributed by atoms with Crippen LogP contribution < -0.4 is 0 Å². The Labute approximate surface area is 175 Å². The third kappa shape index (κ3) is 2.65. The molecule has 7 atom stereocenters. The van der Waals surface area contributed by atoms with Crippen molar-refractivity contribution in [3.8, 4) is 0 Å². The number of ketones is 2. The summed E-state index contributed by atoms with van der Waals surface area (Å²) < 4.78 is 4.79. The second-order valence-electron chi connectivity index (χ2n) is 9.50. The number of aliphatic hydroxyl groups is 3. The average molecular weight is 416 g/mol. The molecule has 0 saturated heterocycles. The molecule has 162 valence electrons. The van der Waals surface area contributed by atoms with Gasteiger partial charge in [-0.1, -0.05) is 37.1 Å². The summed E-state index contributed by atoms with van der Waals surface area (Å²) >= 11 is 0. The number of rotatable bonds is 3. The third-order valence-electron chi connectivity index (χ3n) is 7.96. The van der Waals surface area contributed by atoms with Crippen LogP contribution in [0.1, 0.15) is 40.0 Å². The molecule has 0 bridgehead atoms. The Morgan fingerprint density at radius 1 is 1.27 bits per heavy atom. The zero-order valence-electron chi connectivity index (χ0n) is 17.4. The lowest BCUT2D eigenvalue weighted by atomic mass is 9.47. The van der Waals surface area contributed by atoms with E-state index in [9.17, 15) is 29.7 Å². The minimum atomic E-state index is -2.18. The molecule has 7 heteroatoms. The van der Waals surface area contributed by atoms with Crippen LogP contribution in [-0.4, -0.2) is 57.3 Å². The van der Waals surface area contributed by atoms with Gasteiger partial charge in [-0.3, -0.25) is 14.4 Å². The molecule has 4 aliphatic carbocycles. The minimum Gasteiger partial charge on any atom is -0.458 e. The van der Waals surface area contributed by atoms with Gasteiger partial charge in [-0.25, -0.2) is 0 Å². The largest absolute Gasteiger partial charge is 0.458 e. The summed E-state index contributed by atoms with van der Waals surface area (Å²) in [5, 5.41) is 33.4. The van der Waals surface area contributed by atoms with Gasteiger partial charge in [-0.2, -0.15) is 0 Å². The predicted octanol–water partition coefficient (Wildman–Crippen LogP) is 1.02. The van der Waals surface area contributed by atoms with Gasteiger partial charge in [-0.05, 0) is 37.3 Å². The molecular formula is C23H28O7. The highest BCUT2D eigenvalue weighted by molar-refractivity contribution is 6.01. The Balaban J connectivity index is 1.73. The lowest BCUT2D eigenvalue weighted by molar-refractivity contribution is -0.178. The first-order valence-electron chi connectivity index (χ1n) is 10.4. The van der Waals surface area contributed by atoms with Crippen molar-refractivity contribution < 1.29 is 34.4 Å². The quantitative estimate of drug-likeness (QED) is 0.464. The summed E-state index contributed by atoms with van der Waals surface area (Å²) in [5.41, 5.74) is -2.13. The lowest BCUT2D eigenvalue weighted by Crippen LogP contribution is -2.63. The highest BCUT2D eigenvalue weighted by Crippen LogP contribution is 2.65. The van der Waals surface area contributed by atoms with E-state index in [1.165, 1.54) is 13.0 Å². The van der Waals surface area contributed by atoms with Gasteiger partial charge in [-0.15, -0.1) is 0 Å². The molecule has 0 radical (unpaired) electrons. The molecule has 0 spiro atoms. The standard InChI is InChI=1S/C23H28O7/c1-12(24)30-11-19(28)23(29)18(27)9-16-15-5-4-13-8-14(25)6-7-21(13,2)20(15)17(26)10-22(16,23)3/h6-9,15,17-18,20,26-27,29H,4-5,10-11H2,1-3H3/t15-,17+,18-,20-,21+,22+,23+/m1/s1. The number of hydrogen-bond acceptors (Lipinski definition) is 7. The fourth-order valence-electron chi connectivity index (χ4n) is 6.45. The summed E-state index contributed by atoms with van der Waals surface area (Å²) in [4.78, 5) is 35.9. The maximum absolute atomic E-state index is 12.9. The Hall–Kier alpha value is -2.09. The Kier molecular flexibility index (Phi) is 4.73. The maximum atomic E-state index is 12.9. The van der Waals surface area contributed by atoms with E-state index in [1.54, 1.807) is 19.1 Å². The van der Waals surface area contributed by atoms with Crippen molar-refractivity contribution in [3.63, 3.8) is 0 Å². The minimum absolute atomic E-state index is 0.0583. The molecule has 0 heterocycles. The number of carbonyl (C=O) groups is 3. The number of esters is 1. The number of aliphatic hydroxyl groups excluding tert-OH is 2. The molecule has 7 nitrogen and oxygen atoms in total. The molecule has 2 fully saturated rings. The molecule has 0 aliphatic heterocycles. The maximum Gasteiger partial charge on any atom is 0.303 e. The van der Waals surface area contributed by atoms with Gasteiger partial charge in [0.2, 0.25) is 5.78 Å². The van der Waals surface area contributed by atoms with Crippen LogP contribution in [0.15, 0.2) is 35.5 Å². The third-order valence-corrected chi connectivity index (χ3v) is 7.96. The average Bonchev–Trinajstić information content (AvgIpc) is 2.87. The van der Waals surface area contributed by atoms with Gasteiger partial charge in [0, 0.05) is 23.7 Å². The highest BCUT2D eigenvalue weighted by Gasteiger charge is 2.68. The second-order valence-corrected chi connectivity index (χ2v) is 9.50. The first kappa shape index (κ1) is 21.2. The highest BCUT2D eigenvalue weighted by atomic mass is 16.5. The van der Waals surface area contributed by atoms with Gasteiger partial charge < -0.3 is 20.1 Å². The topological polar surface area (TPSA) is 121 Å². The fraction of sp³-hybridized carbons (Fsp3) is 0.609. The summed E-state index contributed by atoms with van der Waals surface area (Å²) in [6, 6.07) is 0. The zero-order valence-corrected chi connectivity index (χ0v) is 17.4. The van der Waals surface area contributed by atoms with E-state index in [2.05, 4.69) is 0 Å². The predicted molar refractivity (Wildman–Crippen MR) is 106 cm³/mol. The summed E-state index contributed by atoms with van der Waals surface area (Å²) in [5.74, 6) is -1.89. The molecule has 0 aromatic rings. The van der Waals surface area contributed by atoms with Crippen LogP contribution in [0.3, 0.4) is 0 Å². The van der Waals surface area contributed by atoms with Crippen molar-refractivity contribution in [2.45, 2.75) is 57.8 Å². The molecule has 3 N–H and O–H groups in total. The number of hydrogen-bond donors (Lipinski definition) is 3. The molecule has 0 unspecified atom stereocenters. The number of Topliss-reactive ketones (excluding diaryl/α,β-unsaturated/α-hetero) is 1. The molecule has 30 heavy (non-hydrogen) atoms. The summed E-state index contributed by atoms with van der Waals surface area (Å²) in [6.07, 6.45) is 5.64. The van der Waals surface area contributed by atoms with E-state index in [0.717, 1.165) is 11.1 Å². The first-order chi connectivity index (χ1) is 13.9. The smallest absolute Gasteiger partial charge is 0.303 e. The van der Waals surface area contributed by atoms with E-state index in [4.69, 9.17) is 4.74 Å². The lowest BCUT2D eigenvalue weighted by Gasteiger charge is -2.58. The first-order valence-corrected chi connectivity index (χ1v) is 10.4. The van der Waals surface area contributed by atoms with Gasteiger partial charge in [0.05, 0.1) is 6.10 Å². The molecule has 0 aromatic carbocycles. The number of ether oxygens (including phenoxy) is 1. The molecule has 4 aliphatic rings. The number of allylic oxidation sites excluding steroid dienone is 4. The van der Waals surface area contributed by atoms with E-state index in [-0.39, 0.29) is 24.0 Å². The molecule has 0 aromatic heterocycles. The van der Waals surface area contributed by atoms with Crippen molar-refractivity contribution in [2.24, 2.45) is 22.7 Å². The molecular weight excluding hydrogens is 388 g/mol. The van der Waals surface area contributed by atoms with Crippen LogP contribution in [0.2, 0.25) is 0 Å². The molecule has 2 saturated carbocycles.